The van der Waals surface area contributed by atoms with Crippen molar-refractivity contribution in [1.82, 2.24) is 5.32 Å². The molecule has 1 aromatic carbocycles. The number of nitrogens with one attached hydrogen (secondary N) is 1. The summed E-state index contributed by atoms with van der Waals surface area (Å²) in [7, 11) is 0. The third-order valence-corrected chi connectivity index (χ3v) is 4.58. The summed E-state index contributed by atoms with van der Waals surface area (Å²) in [6, 6.07) is 6.08. The summed E-state index contributed by atoms with van der Waals surface area (Å²) in [5.74, 6) is 0.857. The highest BCUT2D eigenvalue weighted by Gasteiger charge is 2.55. The van der Waals surface area contributed by atoms with Crippen LogP contribution in [0.4, 0.5) is 0 Å². The lowest BCUT2D eigenvalue weighted by Gasteiger charge is -2.23. The van der Waals surface area contributed by atoms with Crippen LogP contribution in [0.5, 0.6) is 0 Å². The number of benzene rings is 1. The fourth-order valence-corrected chi connectivity index (χ4v) is 3.12. The van der Waals surface area contributed by atoms with Gasteiger partial charge < -0.3 is 5.32 Å². The van der Waals surface area contributed by atoms with Crippen molar-refractivity contribution >= 4 is 23.2 Å². The predicted molar refractivity (Wildman–Crippen MR) is 63.7 cm³/mol. The third-order valence-electron chi connectivity index (χ3n) is 3.84. The van der Waals surface area contributed by atoms with E-state index in [2.05, 4.69) is 11.4 Å². The minimum absolute atomic E-state index is 0.368. The molecule has 0 bridgehead atoms. The summed E-state index contributed by atoms with van der Waals surface area (Å²) in [5, 5.41) is 4.80. The van der Waals surface area contributed by atoms with Gasteiger partial charge in [0.25, 0.3) is 0 Å². The van der Waals surface area contributed by atoms with E-state index in [-0.39, 0.29) is 0 Å². The Morgan fingerprint density at radius 1 is 1.27 bits per heavy atom. The first kappa shape index (κ1) is 9.95. The van der Waals surface area contributed by atoms with E-state index in [1.807, 2.05) is 12.1 Å². The van der Waals surface area contributed by atoms with Gasteiger partial charge in [-0.25, -0.2) is 0 Å². The zero-order valence-corrected chi connectivity index (χ0v) is 9.91. The second kappa shape index (κ2) is 3.38. The Morgan fingerprint density at radius 3 is 2.87 bits per heavy atom. The lowest BCUT2D eigenvalue weighted by Crippen LogP contribution is -2.34. The van der Waals surface area contributed by atoms with Crippen molar-refractivity contribution in [2.75, 3.05) is 13.1 Å². The lowest BCUT2D eigenvalue weighted by molar-refractivity contribution is 0.447. The van der Waals surface area contributed by atoms with Gasteiger partial charge in [-0.15, -0.1) is 0 Å². The highest BCUT2D eigenvalue weighted by molar-refractivity contribution is 6.42. The van der Waals surface area contributed by atoms with Crippen molar-refractivity contribution in [3.63, 3.8) is 0 Å². The maximum Gasteiger partial charge on any atom is 0.0595 e. The maximum atomic E-state index is 6.06. The van der Waals surface area contributed by atoms with E-state index in [9.17, 15) is 0 Å². The topological polar surface area (TPSA) is 12.0 Å². The van der Waals surface area contributed by atoms with Crippen LogP contribution in [0.25, 0.3) is 0 Å². The van der Waals surface area contributed by atoms with Gasteiger partial charge >= 0.3 is 0 Å². The first-order valence-electron chi connectivity index (χ1n) is 5.39. The lowest BCUT2D eigenvalue weighted by atomic mass is 9.90. The molecule has 3 rings (SSSR count). The zero-order chi connectivity index (χ0) is 10.5. The first-order valence-corrected chi connectivity index (χ1v) is 6.14. The molecular weight excluding hydrogens is 229 g/mol. The van der Waals surface area contributed by atoms with Gasteiger partial charge in [-0.05, 0) is 43.0 Å². The molecule has 1 N–H and O–H groups in total. The van der Waals surface area contributed by atoms with Crippen LogP contribution in [0.15, 0.2) is 18.2 Å². The van der Waals surface area contributed by atoms with E-state index in [0.29, 0.717) is 15.5 Å². The number of hydrogen-bond acceptors (Lipinski definition) is 1. The van der Waals surface area contributed by atoms with Crippen LogP contribution in [0.3, 0.4) is 0 Å². The fraction of sp³-hybridized carbons (Fsp3) is 0.500. The van der Waals surface area contributed by atoms with Crippen LogP contribution in [0, 0.1) is 5.92 Å². The van der Waals surface area contributed by atoms with Crippen molar-refractivity contribution in [2.45, 2.75) is 18.3 Å². The molecule has 0 aromatic heterocycles. The molecule has 2 aliphatic rings. The van der Waals surface area contributed by atoms with Crippen LogP contribution in [0.1, 0.15) is 18.4 Å². The van der Waals surface area contributed by atoms with Crippen LogP contribution in [-0.4, -0.2) is 13.1 Å². The molecule has 1 saturated heterocycles. The first-order chi connectivity index (χ1) is 7.22. The van der Waals surface area contributed by atoms with Crippen LogP contribution < -0.4 is 5.32 Å². The second-order valence-electron chi connectivity index (χ2n) is 4.65. The van der Waals surface area contributed by atoms with Gasteiger partial charge in [0, 0.05) is 12.0 Å². The molecule has 1 nitrogen and oxygen atoms in total. The maximum absolute atomic E-state index is 6.06. The Bertz CT molecular complexity index is 405. The minimum Gasteiger partial charge on any atom is -0.316 e. The largest absolute Gasteiger partial charge is 0.316 e. The quantitative estimate of drug-likeness (QED) is 0.797. The normalized spacial score (nSPS) is 33.6. The molecule has 1 aliphatic heterocycles. The summed E-state index contributed by atoms with van der Waals surface area (Å²) in [6.07, 6.45) is 2.60. The molecule has 2 fully saturated rings. The van der Waals surface area contributed by atoms with E-state index in [1.165, 1.54) is 18.4 Å². The Kier molecular flexibility index (Phi) is 2.24. The van der Waals surface area contributed by atoms with Crippen molar-refractivity contribution < 1.29 is 0 Å². The molecule has 0 unspecified atom stereocenters. The summed E-state index contributed by atoms with van der Waals surface area (Å²) < 4.78 is 0. The average molecular weight is 242 g/mol. The molecule has 80 valence electrons. The van der Waals surface area contributed by atoms with E-state index in [4.69, 9.17) is 23.2 Å². The number of fused-ring (bicyclic) bond motifs is 1. The second-order valence-corrected chi connectivity index (χ2v) is 5.47. The molecular formula is C12H13Cl2N. The summed E-state index contributed by atoms with van der Waals surface area (Å²) in [4.78, 5) is 0. The molecule has 1 saturated carbocycles. The molecule has 15 heavy (non-hydrogen) atoms. The van der Waals surface area contributed by atoms with Gasteiger partial charge in [0.1, 0.15) is 0 Å². The Hall–Kier alpha value is -0.240. The molecule has 1 heterocycles. The average Bonchev–Trinajstić information content (AvgIpc) is 2.97. The van der Waals surface area contributed by atoms with E-state index >= 15 is 0 Å². The number of rotatable bonds is 1. The summed E-state index contributed by atoms with van der Waals surface area (Å²) in [6.45, 7) is 2.25. The van der Waals surface area contributed by atoms with E-state index < -0.39 is 0 Å². The fourth-order valence-electron chi connectivity index (χ4n) is 2.82. The van der Waals surface area contributed by atoms with Gasteiger partial charge in [0.15, 0.2) is 0 Å². The molecule has 0 amide bonds. The van der Waals surface area contributed by atoms with Gasteiger partial charge in [-0.2, -0.15) is 0 Å². The Balaban J connectivity index is 1.96. The smallest absolute Gasteiger partial charge is 0.0595 e. The summed E-state index contributed by atoms with van der Waals surface area (Å²) in [5.41, 5.74) is 1.72. The third kappa shape index (κ3) is 1.49. The minimum atomic E-state index is 0.368. The monoisotopic (exact) mass is 241 g/mol. The zero-order valence-electron chi connectivity index (χ0n) is 8.39. The molecule has 3 heteroatoms. The van der Waals surface area contributed by atoms with E-state index in [0.717, 1.165) is 19.0 Å². The van der Waals surface area contributed by atoms with Gasteiger partial charge in [-0.3, -0.25) is 0 Å². The van der Waals surface area contributed by atoms with E-state index in [1.54, 1.807) is 0 Å². The molecule has 1 aromatic rings. The van der Waals surface area contributed by atoms with Crippen molar-refractivity contribution in [1.29, 1.82) is 0 Å². The van der Waals surface area contributed by atoms with Gasteiger partial charge in [0.05, 0.1) is 10.0 Å². The SMILES string of the molecule is Clc1ccc([C@]23CNCC[C@H]2C3)cc1Cl. The van der Waals surface area contributed by atoms with Gasteiger partial charge in [-0.1, -0.05) is 29.3 Å². The molecule has 1 aliphatic carbocycles. The Morgan fingerprint density at radius 2 is 2.13 bits per heavy atom. The molecule has 0 radical (unpaired) electrons. The Labute approximate surface area is 99.8 Å². The highest BCUT2D eigenvalue weighted by Crippen LogP contribution is 2.57. The molecule has 2 atom stereocenters. The highest BCUT2D eigenvalue weighted by atomic mass is 35.5. The predicted octanol–water partition coefficient (Wildman–Crippen LogP) is 3.24. The van der Waals surface area contributed by atoms with Gasteiger partial charge in [0.2, 0.25) is 0 Å². The van der Waals surface area contributed by atoms with Crippen LogP contribution >= 0.6 is 23.2 Å². The number of piperidine rings is 1. The number of hydrogen-bond donors (Lipinski definition) is 1. The number of halogens is 2. The van der Waals surface area contributed by atoms with Crippen LogP contribution in [-0.2, 0) is 5.41 Å². The van der Waals surface area contributed by atoms with Crippen molar-refractivity contribution in [3.8, 4) is 0 Å². The standard InChI is InChI=1S/C12H13Cl2N/c13-10-2-1-8(5-11(10)14)12-6-9(12)3-4-15-7-12/h1-2,5,9,15H,3-4,6-7H2/t9-,12-/m0/s1. The molecule has 0 spiro atoms. The van der Waals surface area contributed by atoms with Crippen molar-refractivity contribution in [2.24, 2.45) is 5.92 Å². The van der Waals surface area contributed by atoms with Crippen LogP contribution in [0.2, 0.25) is 10.0 Å². The summed E-state index contributed by atoms with van der Waals surface area (Å²) >= 11 is 12.0. The van der Waals surface area contributed by atoms with Crippen molar-refractivity contribution in [3.05, 3.63) is 33.8 Å².